The van der Waals surface area contributed by atoms with Crippen molar-refractivity contribution in [1.29, 1.82) is 0 Å². The van der Waals surface area contributed by atoms with Crippen LogP contribution in [0, 0.1) is 5.82 Å². The third kappa shape index (κ3) is 2.73. The molecule has 8 heteroatoms. The number of amides is 1. The largest absolute Gasteiger partial charge is 0.355 e. The number of fused-ring (bicyclic) bond motifs is 1. The molecule has 0 saturated carbocycles. The van der Waals surface area contributed by atoms with E-state index >= 15 is 0 Å². The molecule has 0 aliphatic rings. The first-order valence-corrected chi connectivity index (χ1v) is 8.27. The Kier molecular flexibility index (Phi) is 3.40. The summed E-state index contributed by atoms with van der Waals surface area (Å²) in [6.45, 7) is 0. The highest BCUT2D eigenvalue weighted by atomic mass is 32.1. The highest BCUT2D eigenvalue weighted by molar-refractivity contribution is 7.22. The molecule has 0 aliphatic heterocycles. The van der Waals surface area contributed by atoms with Gasteiger partial charge in [0, 0.05) is 6.07 Å². The van der Waals surface area contributed by atoms with Crippen LogP contribution in [-0.4, -0.2) is 16.0 Å². The normalized spacial score (nSPS) is 11.0. The van der Waals surface area contributed by atoms with Gasteiger partial charge in [-0.05, 0) is 29.6 Å². The van der Waals surface area contributed by atoms with Crippen LogP contribution in [0.25, 0.3) is 20.9 Å². The lowest BCUT2D eigenvalue weighted by Crippen LogP contribution is -2.11. The Morgan fingerprint density at radius 1 is 1.26 bits per heavy atom. The van der Waals surface area contributed by atoms with Gasteiger partial charge in [0.1, 0.15) is 5.82 Å². The van der Waals surface area contributed by atoms with Crippen LogP contribution in [-0.2, 0) is 0 Å². The molecule has 1 aromatic carbocycles. The number of anilines is 1. The van der Waals surface area contributed by atoms with Gasteiger partial charge in [-0.25, -0.2) is 9.37 Å². The Labute approximate surface area is 137 Å². The molecule has 4 aromatic rings. The maximum absolute atomic E-state index is 13.2. The average Bonchev–Trinajstić information content (AvgIpc) is 3.26. The van der Waals surface area contributed by atoms with E-state index in [4.69, 9.17) is 4.52 Å². The fourth-order valence-corrected chi connectivity index (χ4v) is 3.59. The van der Waals surface area contributed by atoms with Crippen molar-refractivity contribution in [3.8, 4) is 10.6 Å². The van der Waals surface area contributed by atoms with E-state index in [9.17, 15) is 9.18 Å². The van der Waals surface area contributed by atoms with E-state index in [0.717, 1.165) is 4.88 Å². The zero-order chi connectivity index (χ0) is 15.8. The molecule has 1 N–H and O–H groups in total. The molecule has 5 nitrogen and oxygen atoms in total. The molecule has 0 aliphatic carbocycles. The monoisotopic (exact) mass is 345 g/mol. The van der Waals surface area contributed by atoms with Crippen LogP contribution in [0.4, 0.5) is 9.52 Å². The number of nitrogens with one attached hydrogen (secondary N) is 1. The lowest BCUT2D eigenvalue weighted by molar-refractivity contribution is 0.101. The van der Waals surface area contributed by atoms with Crippen LogP contribution in [0.1, 0.15) is 10.5 Å². The van der Waals surface area contributed by atoms with Crippen molar-refractivity contribution in [1.82, 2.24) is 10.1 Å². The predicted molar refractivity (Wildman–Crippen MR) is 87.3 cm³/mol. The maximum atomic E-state index is 13.2. The smallest absolute Gasteiger partial charge is 0.279 e. The van der Waals surface area contributed by atoms with E-state index in [1.54, 1.807) is 12.1 Å². The highest BCUT2D eigenvalue weighted by Crippen LogP contribution is 2.28. The lowest BCUT2D eigenvalue weighted by Gasteiger charge is -1.95. The lowest BCUT2D eigenvalue weighted by atomic mass is 10.3. The molecular weight excluding hydrogens is 337 g/mol. The Hall–Kier alpha value is -2.58. The maximum Gasteiger partial charge on any atom is 0.279 e. The molecule has 3 heterocycles. The van der Waals surface area contributed by atoms with Crippen LogP contribution < -0.4 is 5.32 Å². The quantitative estimate of drug-likeness (QED) is 0.597. The molecule has 3 aromatic heterocycles. The van der Waals surface area contributed by atoms with Gasteiger partial charge in [-0.15, -0.1) is 11.3 Å². The number of nitrogens with zero attached hydrogens (tertiary/aromatic N) is 2. The number of hydrogen-bond acceptors (Lipinski definition) is 6. The first-order valence-electron chi connectivity index (χ1n) is 6.57. The number of halogens is 1. The molecule has 114 valence electrons. The van der Waals surface area contributed by atoms with E-state index in [0.29, 0.717) is 21.1 Å². The number of thiazole rings is 1. The fraction of sp³-hybridized carbons (Fsp3) is 0. The second-order valence-corrected chi connectivity index (χ2v) is 6.62. The van der Waals surface area contributed by atoms with Crippen molar-refractivity contribution in [2.24, 2.45) is 0 Å². The number of aromatic nitrogens is 2. The van der Waals surface area contributed by atoms with E-state index < -0.39 is 5.91 Å². The summed E-state index contributed by atoms with van der Waals surface area (Å²) in [7, 11) is 0. The molecule has 0 unspecified atom stereocenters. The van der Waals surface area contributed by atoms with Crippen LogP contribution in [0.3, 0.4) is 0 Å². The molecule has 0 spiro atoms. The van der Waals surface area contributed by atoms with Crippen molar-refractivity contribution in [3.63, 3.8) is 0 Å². The van der Waals surface area contributed by atoms with E-state index in [2.05, 4.69) is 15.5 Å². The standard InChI is InChI=1S/C15H8FN3O2S2/c16-8-3-4-9-13(6-8)23-15(17-9)18-14(20)10-7-11(21-19-10)12-2-1-5-22-12/h1-7H,(H,17,18,20). The highest BCUT2D eigenvalue weighted by Gasteiger charge is 2.16. The van der Waals surface area contributed by atoms with Crippen molar-refractivity contribution < 1.29 is 13.7 Å². The first kappa shape index (κ1) is 14.0. The number of thiophene rings is 1. The van der Waals surface area contributed by atoms with Crippen molar-refractivity contribution in [2.75, 3.05) is 5.32 Å². The second kappa shape index (κ2) is 5.56. The minimum Gasteiger partial charge on any atom is -0.355 e. The van der Waals surface area contributed by atoms with Crippen LogP contribution in [0.5, 0.6) is 0 Å². The summed E-state index contributed by atoms with van der Waals surface area (Å²) >= 11 is 2.70. The number of hydrogen-bond donors (Lipinski definition) is 1. The van der Waals surface area contributed by atoms with Crippen molar-refractivity contribution in [3.05, 3.63) is 53.3 Å². The van der Waals surface area contributed by atoms with Gasteiger partial charge in [0.05, 0.1) is 15.1 Å². The Bertz CT molecular complexity index is 991. The van der Waals surface area contributed by atoms with Gasteiger partial charge in [0.25, 0.3) is 5.91 Å². The second-order valence-electron chi connectivity index (χ2n) is 4.64. The van der Waals surface area contributed by atoms with Gasteiger partial charge in [0.15, 0.2) is 16.6 Å². The van der Waals surface area contributed by atoms with Gasteiger partial charge in [-0.2, -0.15) is 0 Å². The Morgan fingerprint density at radius 3 is 3.00 bits per heavy atom. The minimum absolute atomic E-state index is 0.166. The van der Waals surface area contributed by atoms with Gasteiger partial charge >= 0.3 is 0 Å². The van der Waals surface area contributed by atoms with Crippen molar-refractivity contribution in [2.45, 2.75) is 0 Å². The summed E-state index contributed by atoms with van der Waals surface area (Å²) in [6.07, 6.45) is 0. The molecule has 0 atom stereocenters. The summed E-state index contributed by atoms with van der Waals surface area (Å²) in [5.41, 5.74) is 0.796. The van der Waals surface area contributed by atoms with E-state index in [-0.39, 0.29) is 11.5 Å². The molecule has 23 heavy (non-hydrogen) atoms. The predicted octanol–water partition coefficient (Wildman–Crippen LogP) is 4.40. The molecule has 0 saturated heterocycles. The fourth-order valence-electron chi connectivity index (χ4n) is 2.03. The number of rotatable bonds is 3. The molecule has 1 amide bonds. The van der Waals surface area contributed by atoms with Gasteiger partial charge < -0.3 is 4.52 Å². The van der Waals surface area contributed by atoms with Crippen LogP contribution >= 0.6 is 22.7 Å². The molecule has 0 radical (unpaired) electrons. The summed E-state index contributed by atoms with van der Waals surface area (Å²) in [5, 5.41) is 8.73. The van der Waals surface area contributed by atoms with Crippen LogP contribution in [0.15, 0.2) is 46.3 Å². The van der Waals surface area contributed by atoms with Gasteiger partial charge in [-0.3, -0.25) is 10.1 Å². The third-order valence-electron chi connectivity index (χ3n) is 3.08. The van der Waals surface area contributed by atoms with Gasteiger partial charge in [-0.1, -0.05) is 22.6 Å². The van der Waals surface area contributed by atoms with E-state index in [1.165, 1.54) is 34.8 Å². The Morgan fingerprint density at radius 2 is 2.17 bits per heavy atom. The zero-order valence-corrected chi connectivity index (χ0v) is 13.1. The average molecular weight is 345 g/mol. The van der Waals surface area contributed by atoms with Crippen LogP contribution in [0.2, 0.25) is 0 Å². The summed E-state index contributed by atoms with van der Waals surface area (Å²) in [6, 6.07) is 9.64. The summed E-state index contributed by atoms with van der Waals surface area (Å²) in [5.74, 6) is -0.219. The summed E-state index contributed by atoms with van der Waals surface area (Å²) < 4.78 is 19.0. The SMILES string of the molecule is O=C(Nc1nc2ccc(F)cc2s1)c1cc(-c2cccs2)on1. The molecule has 4 rings (SSSR count). The first-order chi connectivity index (χ1) is 11.2. The van der Waals surface area contributed by atoms with E-state index in [1.807, 2.05) is 17.5 Å². The molecule has 0 fully saturated rings. The molecule has 0 bridgehead atoms. The Balaban J connectivity index is 1.57. The topological polar surface area (TPSA) is 68.0 Å². The minimum atomic E-state index is -0.420. The van der Waals surface area contributed by atoms with Gasteiger partial charge in [0.2, 0.25) is 0 Å². The number of carbonyl (C=O) groups excluding carboxylic acids is 1. The third-order valence-corrected chi connectivity index (χ3v) is 4.90. The summed E-state index contributed by atoms with van der Waals surface area (Å²) in [4.78, 5) is 17.3. The number of carbonyl (C=O) groups is 1. The van der Waals surface area contributed by atoms with Crippen molar-refractivity contribution >= 4 is 43.9 Å². The zero-order valence-electron chi connectivity index (χ0n) is 11.4. The number of benzene rings is 1. The molecular formula is C15H8FN3O2S2.